The van der Waals surface area contributed by atoms with Gasteiger partial charge in [0.25, 0.3) is 11.5 Å². The van der Waals surface area contributed by atoms with E-state index >= 15 is 0 Å². The molecule has 0 fully saturated rings. The number of nitrogens with zero attached hydrogens (tertiary/aromatic N) is 5. The molecule has 0 spiro atoms. The van der Waals surface area contributed by atoms with Crippen molar-refractivity contribution in [3.8, 4) is 0 Å². The Hall–Kier alpha value is -3.43. The monoisotopic (exact) mass is 455 g/mol. The van der Waals surface area contributed by atoms with E-state index in [1.807, 2.05) is 48.5 Å². The number of aromatic nitrogens is 5. The van der Waals surface area contributed by atoms with Gasteiger partial charge in [0.2, 0.25) is 0 Å². The maximum absolute atomic E-state index is 13.9. The van der Waals surface area contributed by atoms with Crippen molar-refractivity contribution in [2.24, 2.45) is 11.8 Å². The number of carbonyl (C=O) groups excluding carboxylic acids is 1. The lowest BCUT2D eigenvalue weighted by Crippen LogP contribution is -2.43. The van der Waals surface area contributed by atoms with Gasteiger partial charge in [-0.3, -0.25) is 19.1 Å². The molecule has 0 atom stereocenters. The van der Waals surface area contributed by atoms with Gasteiger partial charge >= 0.3 is 5.69 Å². The second-order valence-electron chi connectivity index (χ2n) is 9.54. The van der Waals surface area contributed by atoms with Gasteiger partial charge in [-0.1, -0.05) is 27.7 Å². The van der Waals surface area contributed by atoms with Gasteiger partial charge in [-0.15, -0.1) is 0 Å². The van der Waals surface area contributed by atoms with Gasteiger partial charge in [0.15, 0.2) is 11.3 Å². The van der Waals surface area contributed by atoms with Crippen LogP contribution in [0.15, 0.2) is 21.9 Å². The molecule has 3 aromatic heterocycles. The highest BCUT2D eigenvalue weighted by atomic mass is 16.2. The van der Waals surface area contributed by atoms with Crippen LogP contribution in [-0.2, 0) is 6.54 Å². The first-order valence-electron chi connectivity index (χ1n) is 11.2. The first kappa shape index (κ1) is 24.2. The molecule has 3 rings (SSSR count). The summed E-state index contributed by atoms with van der Waals surface area (Å²) >= 11 is 0. The van der Waals surface area contributed by atoms with Crippen molar-refractivity contribution < 1.29 is 4.79 Å². The lowest BCUT2D eigenvalue weighted by atomic mass is 10.1. The lowest BCUT2D eigenvalue weighted by molar-refractivity contribution is 0.0985. The molecule has 0 aliphatic carbocycles. The molecule has 0 aliphatic heterocycles. The molecule has 0 unspecified atom stereocenters. The van der Waals surface area contributed by atoms with Gasteiger partial charge in [0, 0.05) is 24.8 Å². The number of anilines is 2. The number of carbonyl (C=O) groups is 1. The number of amides is 1. The smallest absolute Gasteiger partial charge is 0.330 e. The summed E-state index contributed by atoms with van der Waals surface area (Å²) in [4.78, 5) is 47.5. The Morgan fingerprint density at radius 3 is 2.39 bits per heavy atom. The third-order valence-corrected chi connectivity index (χ3v) is 5.24. The van der Waals surface area contributed by atoms with E-state index in [2.05, 4.69) is 15.1 Å². The molecule has 10 nitrogen and oxygen atoms in total. The SMILES string of the molecule is Cc1cc(C(=O)N(CC(C)C)c2c(N)n(CC(C)C)c(=O)[nH]c2=O)c2cnn(C(C)C)c2n1. The van der Waals surface area contributed by atoms with Crippen molar-refractivity contribution in [3.05, 3.63) is 44.4 Å². The van der Waals surface area contributed by atoms with Crippen LogP contribution >= 0.6 is 0 Å². The van der Waals surface area contributed by atoms with Crippen LogP contribution in [0, 0.1) is 18.8 Å². The minimum absolute atomic E-state index is 0.0205. The molecule has 3 N–H and O–H groups in total. The van der Waals surface area contributed by atoms with Crippen molar-refractivity contribution in [2.45, 2.75) is 61.1 Å². The third kappa shape index (κ3) is 4.69. The molecule has 3 aromatic rings. The summed E-state index contributed by atoms with van der Waals surface area (Å²) in [5, 5.41) is 5.01. The van der Waals surface area contributed by atoms with Crippen molar-refractivity contribution in [3.63, 3.8) is 0 Å². The van der Waals surface area contributed by atoms with E-state index in [4.69, 9.17) is 5.73 Å². The topological polar surface area (TPSA) is 132 Å². The van der Waals surface area contributed by atoms with Gasteiger partial charge in [-0.05, 0) is 38.7 Å². The van der Waals surface area contributed by atoms with Gasteiger partial charge in [0.1, 0.15) is 5.82 Å². The van der Waals surface area contributed by atoms with Gasteiger partial charge < -0.3 is 10.6 Å². The third-order valence-electron chi connectivity index (χ3n) is 5.24. The average molecular weight is 456 g/mol. The molecule has 0 aliphatic rings. The van der Waals surface area contributed by atoms with Crippen LogP contribution in [0.1, 0.15) is 63.6 Å². The number of nitrogens with one attached hydrogen (secondary N) is 1. The number of hydrogen-bond acceptors (Lipinski definition) is 6. The van der Waals surface area contributed by atoms with Crippen LogP contribution < -0.4 is 21.9 Å². The number of nitrogens with two attached hydrogens (primary N) is 1. The Bertz CT molecular complexity index is 1300. The van der Waals surface area contributed by atoms with E-state index in [1.54, 1.807) is 16.9 Å². The number of aromatic amines is 1. The summed E-state index contributed by atoms with van der Waals surface area (Å²) in [6.45, 7) is 14.1. The minimum atomic E-state index is -0.689. The molecule has 0 saturated carbocycles. The van der Waals surface area contributed by atoms with Crippen molar-refractivity contribution in [1.29, 1.82) is 0 Å². The Kier molecular flexibility index (Phi) is 6.76. The highest BCUT2D eigenvalue weighted by Gasteiger charge is 2.28. The highest BCUT2D eigenvalue weighted by Crippen LogP contribution is 2.26. The largest absolute Gasteiger partial charge is 0.383 e. The second-order valence-corrected chi connectivity index (χ2v) is 9.54. The molecule has 178 valence electrons. The fourth-order valence-electron chi connectivity index (χ4n) is 3.87. The van der Waals surface area contributed by atoms with E-state index < -0.39 is 17.2 Å². The standard InChI is InChI=1S/C23H33N7O3/c1-12(2)10-28(18-19(24)29(11-13(3)4)23(33)27-21(18)31)22(32)16-8-15(7)26-20-17(16)9-25-30(20)14(5)6/h8-9,12-14H,10-11,24H2,1-7H3,(H,27,31,33). The molecule has 0 saturated heterocycles. The fourth-order valence-corrected chi connectivity index (χ4v) is 3.87. The average Bonchev–Trinajstić information content (AvgIpc) is 3.12. The fraction of sp³-hybridized carbons (Fsp3) is 0.522. The Labute approximate surface area is 192 Å². The van der Waals surface area contributed by atoms with E-state index in [0.29, 0.717) is 28.8 Å². The zero-order valence-corrected chi connectivity index (χ0v) is 20.3. The summed E-state index contributed by atoms with van der Waals surface area (Å²) in [5.41, 5.74) is 6.67. The maximum Gasteiger partial charge on any atom is 0.330 e. The normalized spacial score (nSPS) is 11.8. The Morgan fingerprint density at radius 2 is 1.82 bits per heavy atom. The summed E-state index contributed by atoms with van der Waals surface area (Å²) in [6, 6.07) is 1.75. The Balaban J connectivity index is 2.25. The summed E-state index contributed by atoms with van der Waals surface area (Å²) < 4.78 is 3.07. The maximum atomic E-state index is 13.9. The van der Waals surface area contributed by atoms with Crippen LogP contribution in [0.3, 0.4) is 0 Å². The first-order chi connectivity index (χ1) is 15.4. The number of nitrogen functional groups attached to an aromatic ring is 1. The molecule has 1 amide bonds. The van der Waals surface area contributed by atoms with E-state index in [0.717, 1.165) is 0 Å². The summed E-state index contributed by atoms with van der Waals surface area (Å²) in [7, 11) is 0. The minimum Gasteiger partial charge on any atom is -0.383 e. The molecular formula is C23H33N7O3. The number of rotatable bonds is 7. The van der Waals surface area contributed by atoms with Crippen LogP contribution in [0.5, 0.6) is 0 Å². The predicted molar refractivity (Wildman–Crippen MR) is 130 cm³/mol. The second kappa shape index (κ2) is 9.21. The van der Waals surface area contributed by atoms with Gasteiger partial charge in [-0.2, -0.15) is 5.10 Å². The zero-order valence-electron chi connectivity index (χ0n) is 20.3. The summed E-state index contributed by atoms with van der Waals surface area (Å²) in [6.07, 6.45) is 1.62. The van der Waals surface area contributed by atoms with Crippen molar-refractivity contribution in [1.82, 2.24) is 24.3 Å². The zero-order chi connectivity index (χ0) is 24.6. The van der Waals surface area contributed by atoms with E-state index in [1.165, 1.54) is 9.47 Å². The number of hydrogen-bond donors (Lipinski definition) is 2. The molecule has 0 radical (unpaired) electrons. The van der Waals surface area contributed by atoms with Crippen molar-refractivity contribution in [2.75, 3.05) is 17.2 Å². The van der Waals surface area contributed by atoms with Crippen LogP contribution in [0.25, 0.3) is 11.0 Å². The van der Waals surface area contributed by atoms with E-state index in [-0.39, 0.29) is 35.9 Å². The quantitative estimate of drug-likeness (QED) is 0.563. The van der Waals surface area contributed by atoms with E-state index in [9.17, 15) is 14.4 Å². The molecule has 10 heteroatoms. The summed E-state index contributed by atoms with van der Waals surface area (Å²) in [5.74, 6) is -0.266. The molecule has 0 aromatic carbocycles. The number of fused-ring (bicyclic) bond motifs is 1. The first-order valence-corrected chi connectivity index (χ1v) is 11.2. The van der Waals surface area contributed by atoms with Crippen molar-refractivity contribution >= 4 is 28.4 Å². The molecular weight excluding hydrogens is 422 g/mol. The Morgan fingerprint density at radius 1 is 1.15 bits per heavy atom. The molecule has 33 heavy (non-hydrogen) atoms. The van der Waals surface area contributed by atoms with Gasteiger partial charge in [-0.25, -0.2) is 14.5 Å². The number of H-pyrrole nitrogens is 1. The molecule has 0 bridgehead atoms. The van der Waals surface area contributed by atoms with Crippen LogP contribution in [0.2, 0.25) is 0 Å². The van der Waals surface area contributed by atoms with Crippen LogP contribution in [0.4, 0.5) is 11.5 Å². The number of aryl methyl sites for hydroxylation is 1. The highest BCUT2D eigenvalue weighted by molar-refractivity contribution is 6.14. The van der Waals surface area contributed by atoms with Gasteiger partial charge in [0.05, 0.1) is 17.1 Å². The lowest BCUT2D eigenvalue weighted by Gasteiger charge is -2.26. The predicted octanol–water partition coefficient (Wildman–Crippen LogP) is 2.71. The van der Waals surface area contributed by atoms with Crippen LogP contribution in [-0.4, -0.2) is 36.8 Å². The number of pyridine rings is 1. The molecule has 3 heterocycles.